The highest BCUT2D eigenvalue weighted by Crippen LogP contribution is 2.27. The molecule has 1 heterocycles. The molecule has 0 spiro atoms. The quantitative estimate of drug-likeness (QED) is 0.593. The van der Waals surface area contributed by atoms with Gasteiger partial charge in [0.25, 0.3) is 0 Å². The lowest BCUT2D eigenvalue weighted by atomic mass is 10.2. The first-order valence-corrected chi connectivity index (χ1v) is 9.70. The first-order chi connectivity index (χ1) is 10.4. The molecule has 1 aromatic heterocycles. The molecule has 0 aliphatic rings. The minimum Gasteiger partial charge on any atom is -0.224 e. The number of rotatable bonds is 6. The van der Waals surface area contributed by atoms with E-state index in [1.807, 2.05) is 44.2 Å². The number of unbranched alkanes of at least 4 members (excludes halogenated alkanes) is 1. The third-order valence-corrected chi connectivity index (χ3v) is 5.59. The highest BCUT2D eigenvalue weighted by atomic mass is 32.2. The number of aromatic nitrogens is 2. The van der Waals surface area contributed by atoms with Crippen molar-refractivity contribution in [3.8, 4) is 0 Å². The Morgan fingerprint density at radius 1 is 1.09 bits per heavy atom. The van der Waals surface area contributed by atoms with E-state index < -0.39 is 9.84 Å². The molecule has 0 bridgehead atoms. The molecule has 0 saturated heterocycles. The van der Waals surface area contributed by atoms with E-state index in [0.29, 0.717) is 17.1 Å². The van der Waals surface area contributed by atoms with Gasteiger partial charge in [0.2, 0.25) is 15.0 Å². The largest absolute Gasteiger partial charge is 0.248 e. The topological polar surface area (TPSA) is 59.9 Å². The van der Waals surface area contributed by atoms with E-state index in [9.17, 15) is 8.42 Å². The number of aryl methyl sites for hydroxylation is 2. The maximum absolute atomic E-state index is 12.3. The molecular formula is C16H20N2O2S2. The Morgan fingerprint density at radius 3 is 2.41 bits per heavy atom. The summed E-state index contributed by atoms with van der Waals surface area (Å²) >= 11 is 1.45. The van der Waals surface area contributed by atoms with Crippen LogP contribution in [0.4, 0.5) is 0 Å². The third kappa shape index (κ3) is 4.55. The van der Waals surface area contributed by atoms with E-state index in [1.165, 1.54) is 17.3 Å². The minimum absolute atomic E-state index is 0.0597. The highest BCUT2D eigenvalue weighted by molar-refractivity contribution is 7.99. The fraction of sp³-hybridized carbons (Fsp3) is 0.375. The fourth-order valence-corrected chi connectivity index (χ4v) is 4.16. The number of hydrogen-bond donors (Lipinski definition) is 0. The Bertz CT molecular complexity index is 741. The molecule has 0 N–H and O–H groups in total. The van der Waals surface area contributed by atoms with Crippen molar-refractivity contribution in [2.24, 2.45) is 0 Å². The zero-order valence-electron chi connectivity index (χ0n) is 13.0. The maximum Gasteiger partial charge on any atom is 0.248 e. The van der Waals surface area contributed by atoms with Crippen LogP contribution < -0.4 is 0 Å². The number of hydrogen-bond acceptors (Lipinski definition) is 5. The van der Waals surface area contributed by atoms with Gasteiger partial charge in [0.05, 0.1) is 5.75 Å². The lowest BCUT2D eigenvalue weighted by Gasteiger charge is -2.07. The summed E-state index contributed by atoms with van der Waals surface area (Å²) in [6, 6.07) is 9.86. The van der Waals surface area contributed by atoms with E-state index in [0.717, 1.165) is 11.3 Å². The van der Waals surface area contributed by atoms with Gasteiger partial charge in [-0.1, -0.05) is 42.8 Å². The van der Waals surface area contributed by atoms with Crippen LogP contribution in [0.25, 0.3) is 0 Å². The van der Waals surface area contributed by atoms with Crippen LogP contribution in [0, 0.1) is 13.8 Å². The van der Waals surface area contributed by atoms with Crippen molar-refractivity contribution >= 4 is 21.6 Å². The van der Waals surface area contributed by atoms with Gasteiger partial charge in [-0.05, 0) is 38.5 Å². The van der Waals surface area contributed by atoms with Crippen LogP contribution in [-0.2, 0) is 9.84 Å². The van der Waals surface area contributed by atoms with Gasteiger partial charge in [-0.15, -0.1) is 0 Å². The highest BCUT2D eigenvalue weighted by Gasteiger charge is 2.19. The van der Waals surface area contributed by atoms with Crippen LogP contribution in [0.2, 0.25) is 0 Å². The van der Waals surface area contributed by atoms with E-state index in [4.69, 9.17) is 0 Å². The molecule has 0 unspecified atom stereocenters. The molecule has 0 saturated carbocycles. The van der Waals surface area contributed by atoms with Crippen LogP contribution in [0.1, 0.15) is 31.0 Å². The summed E-state index contributed by atoms with van der Waals surface area (Å²) in [6.07, 6.45) is 1.45. The lowest BCUT2D eigenvalue weighted by Crippen LogP contribution is -2.12. The van der Waals surface area contributed by atoms with E-state index in [-0.39, 0.29) is 10.9 Å². The zero-order chi connectivity index (χ0) is 16.2. The van der Waals surface area contributed by atoms with E-state index in [1.54, 1.807) is 6.92 Å². The second kappa shape index (κ2) is 7.24. The molecule has 0 amide bonds. The van der Waals surface area contributed by atoms with Crippen LogP contribution in [0.15, 0.2) is 45.4 Å². The average molecular weight is 336 g/mol. The molecule has 118 valence electrons. The Labute approximate surface area is 136 Å². The van der Waals surface area contributed by atoms with Crippen molar-refractivity contribution < 1.29 is 8.42 Å². The average Bonchev–Trinajstić information content (AvgIpc) is 2.47. The van der Waals surface area contributed by atoms with Crippen molar-refractivity contribution in [2.75, 3.05) is 5.75 Å². The predicted octanol–water partition coefficient (Wildman–Crippen LogP) is 3.82. The standard InChI is InChI=1S/C16H20N2O2S2/c1-4-5-10-22(19,20)16-17-13(3)11-15(18-16)21-14-8-6-12(2)7-9-14/h6-9,11H,4-5,10H2,1-3H3. The number of benzene rings is 1. The van der Waals surface area contributed by atoms with Gasteiger partial charge >= 0.3 is 0 Å². The molecule has 0 aliphatic carbocycles. The van der Waals surface area contributed by atoms with Crippen LogP contribution >= 0.6 is 11.8 Å². The Morgan fingerprint density at radius 2 is 1.77 bits per heavy atom. The van der Waals surface area contributed by atoms with Crippen molar-refractivity contribution in [1.29, 1.82) is 0 Å². The molecule has 0 radical (unpaired) electrons. The molecule has 1 aromatic carbocycles. The molecule has 4 nitrogen and oxygen atoms in total. The summed E-state index contributed by atoms with van der Waals surface area (Å²) in [4.78, 5) is 9.37. The summed E-state index contributed by atoms with van der Waals surface area (Å²) in [5.74, 6) is 0.0988. The summed E-state index contributed by atoms with van der Waals surface area (Å²) in [5, 5.41) is 0.599. The molecule has 0 fully saturated rings. The van der Waals surface area contributed by atoms with Crippen LogP contribution in [0.3, 0.4) is 0 Å². The maximum atomic E-state index is 12.3. The second-order valence-corrected chi connectivity index (χ2v) is 8.31. The van der Waals surface area contributed by atoms with Crippen molar-refractivity contribution in [3.63, 3.8) is 0 Å². The minimum atomic E-state index is -3.40. The zero-order valence-corrected chi connectivity index (χ0v) is 14.7. The smallest absolute Gasteiger partial charge is 0.224 e. The SMILES string of the molecule is CCCCS(=O)(=O)c1nc(C)cc(Sc2ccc(C)cc2)n1. The molecule has 6 heteroatoms. The van der Waals surface area contributed by atoms with Gasteiger partial charge in [0.15, 0.2) is 0 Å². The Kier molecular flexibility index (Phi) is 5.58. The third-order valence-electron chi connectivity index (χ3n) is 3.10. The fourth-order valence-electron chi connectivity index (χ4n) is 1.86. The number of nitrogens with zero attached hydrogens (tertiary/aromatic N) is 2. The first-order valence-electron chi connectivity index (χ1n) is 7.23. The first kappa shape index (κ1) is 17.0. The Balaban J connectivity index is 2.28. The van der Waals surface area contributed by atoms with Gasteiger partial charge in [0.1, 0.15) is 5.03 Å². The van der Waals surface area contributed by atoms with Crippen LogP contribution in [-0.4, -0.2) is 24.1 Å². The molecular weight excluding hydrogens is 316 g/mol. The Hall–Kier alpha value is -1.40. The van der Waals surface area contributed by atoms with Crippen molar-refractivity contribution in [1.82, 2.24) is 9.97 Å². The number of sulfone groups is 1. The van der Waals surface area contributed by atoms with Crippen molar-refractivity contribution in [3.05, 3.63) is 41.6 Å². The summed E-state index contributed by atoms with van der Waals surface area (Å²) < 4.78 is 24.5. The molecule has 2 rings (SSSR count). The normalized spacial score (nSPS) is 11.6. The molecule has 0 atom stereocenters. The van der Waals surface area contributed by atoms with E-state index in [2.05, 4.69) is 9.97 Å². The second-order valence-electron chi connectivity index (χ2n) is 5.22. The van der Waals surface area contributed by atoms with Crippen molar-refractivity contribution in [2.45, 2.75) is 48.7 Å². The molecule has 22 heavy (non-hydrogen) atoms. The van der Waals surface area contributed by atoms with Gasteiger partial charge < -0.3 is 0 Å². The summed E-state index contributed by atoms with van der Waals surface area (Å²) in [7, 11) is -3.40. The van der Waals surface area contributed by atoms with E-state index >= 15 is 0 Å². The van der Waals surface area contributed by atoms with Gasteiger partial charge in [-0.25, -0.2) is 18.4 Å². The summed E-state index contributed by atoms with van der Waals surface area (Å²) in [5.41, 5.74) is 1.85. The van der Waals surface area contributed by atoms with Gasteiger partial charge in [0, 0.05) is 10.6 Å². The molecule has 0 aliphatic heterocycles. The van der Waals surface area contributed by atoms with Gasteiger partial charge in [-0.3, -0.25) is 0 Å². The molecule has 2 aromatic rings. The monoisotopic (exact) mass is 336 g/mol. The summed E-state index contributed by atoms with van der Waals surface area (Å²) in [6.45, 7) is 5.78. The lowest BCUT2D eigenvalue weighted by molar-refractivity contribution is 0.580. The van der Waals surface area contributed by atoms with Crippen LogP contribution in [0.5, 0.6) is 0 Å². The predicted molar refractivity (Wildman–Crippen MR) is 89.0 cm³/mol. The van der Waals surface area contributed by atoms with Gasteiger partial charge in [-0.2, -0.15) is 0 Å².